The van der Waals surface area contributed by atoms with Gasteiger partial charge in [0.05, 0.1) is 5.56 Å². The van der Waals surface area contributed by atoms with Gasteiger partial charge in [-0.05, 0) is 30.5 Å². The van der Waals surface area contributed by atoms with E-state index in [1.165, 1.54) is 50.7 Å². The molecule has 0 saturated heterocycles. The summed E-state index contributed by atoms with van der Waals surface area (Å²) in [6, 6.07) is 4.29. The second-order valence-corrected chi connectivity index (χ2v) is 5.76. The molecule has 0 unspecified atom stereocenters. The Morgan fingerprint density at radius 2 is 1.61 bits per heavy atom. The molecule has 0 aromatic heterocycles. The molecule has 0 bridgehead atoms. The van der Waals surface area contributed by atoms with Gasteiger partial charge in [0.1, 0.15) is 5.75 Å². The van der Waals surface area contributed by atoms with E-state index in [0.717, 1.165) is 24.8 Å². The lowest BCUT2D eigenvalue weighted by Crippen LogP contribution is -2.18. The van der Waals surface area contributed by atoms with Crippen molar-refractivity contribution in [3.63, 3.8) is 0 Å². The van der Waals surface area contributed by atoms with E-state index in [0.29, 0.717) is 6.29 Å². The predicted molar refractivity (Wildman–Crippen MR) is 84.8 cm³/mol. The fourth-order valence-corrected chi connectivity index (χ4v) is 2.53. The van der Waals surface area contributed by atoms with Crippen molar-refractivity contribution < 1.29 is 22.7 Å². The standard InChI is InChI=1S/C18H25F3O2/c1-2-3-4-5-6-7-8-9-10-15-11-12-17(16(13-15)14-22)23-18(19,20)21/h11-14H,2-10H2,1H3. The van der Waals surface area contributed by atoms with E-state index in [4.69, 9.17) is 0 Å². The summed E-state index contributed by atoms with van der Waals surface area (Å²) in [7, 11) is 0. The molecule has 130 valence electrons. The van der Waals surface area contributed by atoms with Gasteiger partial charge in [0.15, 0.2) is 6.29 Å². The maximum absolute atomic E-state index is 12.2. The van der Waals surface area contributed by atoms with Crippen molar-refractivity contribution >= 4 is 6.29 Å². The molecule has 0 radical (unpaired) electrons. The van der Waals surface area contributed by atoms with Crippen LogP contribution in [0.2, 0.25) is 0 Å². The first-order valence-electron chi connectivity index (χ1n) is 8.30. The maximum Gasteiger partial charge on any atom is 0.573 e. The van der Waals surface area contributed by atoms with Crippen LogP contribution in [0.15, 0.2) is 18.2 Å². The van der Waals surface area contributed by atoms with Gasteiger partial charge >= 0.3 is 6.36 Å². The van der Waals surface area contributed by atoms with Crippen LogP contribution in [-0.2, 0) is 6.42 Å². The fourth-order valence-electron chi connectivity index (χ4n) is 2.53. The number of aryl methyl sites for hydroxylation is 1. The van der Waals surface area contributed by atoms with E-state index in [2.05, 4.69) is 11.7 Å². The minimum Gasteiger partial charge on any atom is -0.405 e. The molecule has 0 saturated carbocycles. The van der Waals surface area contributed by atoms with E-state index in [1.807, 2.05) is 0 Å². The Labute approximate surface area is 136 Å². The highest BCUT2D eigenvalue weighted by Gasteiger charge is 2.32. The zero-order chi connectivity index (χ0) is 17.1. The number of ether oxygens (including phenoxy) is 1. The summed E-state index contributed by atoms with van der Waals surface area (Å²) in [6.45, 7) is 2.19. The number of rotatable bonds is 11. The quantitative estimate of drug-likeness (QED) is 0.363. The van der Waals surface area contributed by atoms with Gasteiger partial charge < -0.3 is 4.74 Å². The Hall–Kier alpha value is -1.52. The van der Waals surface area contributed by atoms with Crippen LogP contribution in [0.25, 0.3) is 0 Å². The molecule has 1 rings (SSSR count). The largest absolute Gasteiger partial charge is 0.573 e. The van der Waals surface area contributed by atoms with E-state index < -0.39 is 12.1 Å². The number of hydrogen-bond donors (Lipinski definition) is 0. The highest BCUT2D eigenvalue weighted by Crippen LogP contribution is 2.26. The van der Waals surface area contributed by atoms with Crippen LogP contribution in [-0.4, -0.2) is 12.6 Å². The summed E-state index contributed by atoms with van der Waals surface area (Å²) in [5, 5.41) is 0. The van der Waals surface area contributed by atoms with Crippen LogP contribution in [0.4, 0.5) is 13.2 Å². The van der Waals surface area contributed by atoms with Crippen LogP contribution in [0.1, 0.15) is 74.2 Å². The Morgan fingerprint density at radius 1 is 1.00 bits per heavy atom. The lowest BCUT2D eigenvalue weighted by Gasteiger charge is -2.11. The van der Waals surface area contributed by atoms with Gasteiger partial charge in [-0.1, -0.05) is 57.9 Å². The number of hydrogen-bond acceptors (Lipinski definition) is 2. The Balaban J connectivity index is 2.36. The van der Waals surface area contributed by atoms with Crippen molar-refractivity contribution in [1.29, 1.82) is 0 Å². The number of alkyl halides is 3. The molecule has 0 N–H and O–H groups in total. The molecule has 0 aliphatic heterocycles. The monoisotopic (exact) mass is 330 g/mol. The molecule has 0 heterocycles. The number of aldehydes is 1. The average Bonchev–Trinajstić information content (AvgIpc) is 2.49. The van der Waals surface area contributed by atoms with E-state index in [9.17, 15) is 18.0 Å². The number of carbonyl (C=O) groups excluding carboxylic acids is 1. The normalized spacial score (nSPS) is 11.5. The van der Waals surface area contributed by atoms with Gasteiger partial charge in [-0.25, -0.2) is 0 Å². The minimum absolute atomic E-state index is 0.0561. The van der Waals surface area contributed by atoms with Crippen LogP contribution in [0.5, 0.6) is 5.75 Å². The molecule has 0 atom stereocenters. The molecule has 1 aromatic carbocycles. The number of unbranched alkanes of at least 4 members (excludes halogenated alkanes) is 7. The van der Waals surface area contributed by atoms with Gasteiger partial charge in [-0.3, -0.25) is 4.79 Å². The summed E-state index contributed by atoms with van der Waals surface area (Å²) in [5.74, 6) is -0.438. The Bertz CT molecular complexity index is 470. The minimum atomic E-state index is -4.78. The lowest BCUT2D eigenvalue weighted by atomic mass is 10.0. The van der Waals surface area contributed by atoms with Crippen LogP contribution >= 0.6 is 0 Å². The first-order valence-corrected chi connectivity index (χ1v) is 8.30. The van der Waals surface area contributed by atoms with Gasteiger partial charge in [-0.15, -0.1) is 13.2 Å². The topological polar surface area (TPSA) is 26.3 Å². The molecule has 0 spiro atoms. The van der Waals surface area contributed by atoms with Crippen molar-refractivity contribution in [1.82, 2.24) is 0 Å². The van der Waals surface area contributed by atoms with Crippen molar-refractivity contribution in [2.75, 3.05) is 0 Å². The molecule has 23 heavy (non-hydrogen) atoms. The summed E-state index contributed by atoms with van der Waals surface area (Å²) < 4.78 is 40.5. The highest BCUT2D eigenvalue weighted by atomic mass is 19.4. The molecule has 5 heteroatoms. The Kier molecular flexibility index (Phi) is 8.74. The highest BCUT2D eigenvalue weighted by molar-refractivity contribution is 5.79. The summed E-state index contributed by atoms with van der Waals surface area (Å²) in [5.41, 5.74) is 0.812. The zero-order valence-electron chi connectivity index (χ0n) is 13.6. The first kappa shape index (κ1) is 19.5. The lowest BCUT2D eigenvalue weighted by molar-refractivity contribution is -0.274. The third kappa shape index (κ3) is 8.62. The summed E-state index contributed by atoms with van der Waals surface area (Å²) >= 11 is 0. The first-order chi connectivity index (χ1) is 11.0. The van der Waals surface area contributed by atoms with E-state index >= 15 is 0 Å². The molecule has 0 aliphatic carbocycles. The molecular weight excluding hydrogens is 305 g/mol. The maximum atomic E-state index is 12.2. The number of benzene rings is 1. The smallest absolute Gasteiger partial charge is 0.405 e. The molecule has 0 amide bonds. The van der Waals surface area contributed by atoms with Crippen LogP contribution in [0, 0.1) is 0 Å². The second-order valence-electron chi connectivity index (χ2n) is 5.76. The van der Waals surface area contributed by atoms with Crippen LogP contribution in [0.3, 0.4) is 0 Å². The fraction of sp³-hybridized carbons (Fsp3) is 0.611. The summed E-state index contributed by atoms with van der Waals surface area (Å²) in [4.78, 5) is 10.9. The van der Waals surface area contributed by atoms with E-state index in [-0.39, 0.29) is 5.56 Å². The summed E-state index contributed by atoms with van der Waals surface area (Å²) in [6.07, 6.45) is 5.98. The average molecular weight is 330 g/mol. The van der Waals surface area contributed by atoms with Crippen molar-refractivity contribution in [3.05, 3.63) is 29.3 Å². The van der Waals surface area contributed by atoms with Crippen molar-refractivity contribution in [2.24, 2.45) is 0 Å². The second kappa shape index (κ2) is 10.3. The Morgan fingerprint density at radius 3 is 2.17 bits per heavy atom. The van der Waals surface area contributed by atoms with Gasteiger partial charge in [0, 0.05) is 0 Å². The molecule has 2 nitrogen and oxygen atoms in total. The van der Waals surface area contributed by atoms with Crippen molar-refractivity contribution in [3.8, 4) is 5.75 Å². The zero-order valence-corrected chi connectivity index (χ0v) is 13.6. The predicted octanol–water partition coefficient (Wildman–Crippen LogP) is 6.08. The number of carbonyl (C=O) groups is 1. The molecule has 0 fully saturated rings. The van der Waals surface area contributed by atoms with Gasteiger partial charge in [0.25, 0.3) is 0 Å². The number of halogens is 3. The van der Waals surface area contributed by atoms with Crippen molar-refractivity contribution in [2.45, 2.75) is 71.1 Å². The molecule has 1 aromatic rings. The third-order valence-corrected chi connectivity index (χ3v) is 3.75. The SMILES string of the molecule is CCCCCCCCCCc1ccc(OC(F)(F)F)c(C=O)c1. The van der Waals surface area contributed by atoms with Gasteiger partial charge in [-0.2, -0.15) is 0 Å². The van der Waals surface area contributed by atoms with Crippen LogP contribution < -0.4 is 4.74 Å². The third-order valence-electron chi connectivity index (χ3n) is 3.75. The molecular formula is C18H25F3O2. The van der Waals surface area contributed by atoms with Gasteiger partial charge in [0.2, 0.25) is 0 Å². The molecule has 0 aliphatic rings. The van der Waals surface area contributed by atoms with E-state index in [1.54, 1.807) is 6.07 Å².